The van der Waals surface area contributed by atoms with Gasteiger partial charge < -0.3 is 0 Å². The molecule has 0 amide bonds. The van der Waals surface area contributed by atoms with E-state index in [1.807, 2.05) is 0 Å². The second-order valence-corrected chi connectivity index (χ2v) is 4.94. The minimum absolute atomic E-state index is 0.240. The Morgan fingerprint density at radius 3 is 2.12 bits per heavy atom. The van der Waals surface area contributed by atoms with Crippen LogP contribution in [0.5, 0.6) is 0 Å². The molecular weight excluding hydrogens is 196 g/mol. The first-order chi connectivity index (χ1) is 7.49. The Bertz CT molecular complexity index is 429. The topological polar surface area (TPSA) is 17.1 Å². The van der Waals surface area contributed by atoms with Crippen molar-refractivity contribution in [1.29, 1.82) is 0 Å². The number of carbonyl (C=O) groups excluding carboxylic acids is 1. The third-order valence-electron chi connectivity index (χ3n) is 3.47. The third kappa shape index (κ3) is 1.82. The summed E-state index contributed by atoms with van der Waals surface area (Å²) in [5.41, 5.74) is 6.07. The summed E-state index contributed by atoms with van der Waals surface area (Å²) in [5, 5.41) is 0. The number of carbonyl (C=O) groups is 1. The molecule has 0 bridgehead atoms. The van der Waals surface area contributed by atoms with Gasteiger partial charge in [-0.3, -0.25) is 4.79 Å². The van der Waals surface area contributed by atoms with E-state index in [9.17, 15) is 4.79 Å². The van der Waals surface area contributed by atoms with E-state index < -0.39 is 0 Å². The highest BCUT2D eigenvalue weighted by molar-refractivity contribution is 5.98. The standard InChI is InChI=1S/C15H18O/c1-9-5-11(3)15(12(4)6-9)13-7-10(2)14(16)8-13/h5-6,13H,2,7-8H2,1,3-4H3. The fraction of sp³-hybridized carbons (Fsp3) is 0.400. The Morgan fingerprint density at radius 2 is 1.69 bits per heavy atom. The zero-order valence-electron chi connectivity index (χ0n) is 10.3. The highest BCUT2D eigenvalue weighted by Crippen LogP contribution is 2.38. The van der Waals surface area contributed by atoms with Crippen LogP contribution < -0.4 is 0 Å². The summed E-state index contributed by atoms with van der Waals surface area (Å²) < 4.78 is 0. The van der Waals surface area contributed by atoms with Crippen molar-refractivity contribution in [2.75, 3.05) is 0 Å². The van der Waals surface area contributed by atoms with Gasteiger partial charge in [-0.05, 0) is 55.4 Å². The molecule has 1 aliphatic rings. The van der Waals surface area contributed by atoms with Gasteiger partial charge in [-0.25, -0.2) is 0 Å². The predicted molar refractivity (Wildman–Crippen MR) is 66.8 cm³/mol. The highest BCUT2D eigenvalue weighted by Gasteiger charge is 2.28. The highest BCUT2D eigenvalue weighted by atomic mass is 16.1. The summed E-state index contributed by atoms with van der Waals surface area (Å²) in [5.74, 6) is 0.602. The Kier molecular flexibility index (Phi) is 2.71. The normalized spacial score (nSPS) is 20.6. The molecule has 1 saturated carbocycles. The van der Waals surface area contributed by atoms with E-state index >= 15 is 0 Å². The molecule has 1 aromatic carbocycles. The molecule has 1 aromatic rings. The van der Waals surface area contributed by atoms with E-state index in [2.05, 4.69) is 39.5 Å². The lowest BCUT2D eigenvalue weighted by Crippen LogP contribution is -2.01. The van der Waals surface area contributed by atoms with Crippen molar-refractivity contribution >= 4 is 5.78 Å². The average molecular weight is 214 g/mol. The molecule has 0 heterocycles. The van der Waals surface area contributed by atoms with Crippen molar-refractivity contribution in [3.05, 3.63) is 46.5 Å². The Labute approximate surface area is 97.2 Å². The second-order valence-electron chi connectivity index (χ2n) is 4.94. The van der Waals surface area contributed by atoms with Gasteiger partial charge in [0, 0.05) is 6.42 Å². The fourth-order valence-electron chi connectivity index (χ4n) is 2.89. The van der Waals surface area contributed by atoms with Crippen LogP contribution in [0.1, 0.15) is 41.0 Å². The van der Waals surface area contributed by atoms with Gasteiger partial charge >= 0.3 is 0 Å². The van der Waals surface area contributed by atoms with E-state index in [-0.39, 0.29) is 5.78 Å². The van der Waals surface area contributed by atoms with Crippen molar-refractivity contribution in [2.24, 2.45) is 0 Å². The molecule has 0 radical (unpaired) electrons. The summed E-state index contributed by atoms with van der Waals surface area (Å²) in [7, 11) is 0. The first kappa shape index (κ1) is 11.1. The van der Waals surface area contributed by atoms with E-state index in [1.54, 1.807) is 0 Å². The summed E-state index contributed by atoms with van der Waals surface area (Å²) in [6, 6.07) is 4.40. The Balaban J connectivity index is 2.42. The van der Waals surface area contributed by atoms with Crippen molar-refractivity contribution < 1.29 is 4.79 Å². The van der Waals surface area contributed by atoms with Crippen LogP contribution in [0, 0.1) is 20.8 Å². The maximum absolute atomic E-state index is 11.5. The van der Waals surface area contributed by atoms with Crippen LogP contribution in [0.4, 0.5) is 0 Å². The summed E-state index contributed by atoms with van der Waals surface area (Å²) in [6.07, 6.45) is 1.48. The maximum Gasteiger partial charge on any atom is 0.158 e. The van der Waals surface area contributed by atoms with Gasteiger partial charge in [-0.15, -0.1) is 0 Å². The molecule has 84 valence electrons. The number of aryl methyl sites for hydroxylation is 3. The number of benzene rings is 1. The molecule has 1 nitrogen and oxygen atoms in total. The minimum Gasteiger partial charge on any atom is -0.295 e. The first-order valence-corrected chi connectivity index (χ1v) is 5.77. The number of ketones is 1. The number of rotatable bonds is 1. The van der Waals surface area contributed by atoms with Crippen molar-refractivity contribution in [3.63, 3.8) is 0 Å². The molecule has 0 saturated heterocycles. The number of allylic oxidation sites excluding steroid dienone is 1. The van der Waals surface area contributed by atoms with Gasteiger partial charge in [-0.1, -0.05) is 24.3 Å². The van der Waals surface area contributed by atoms with Crippen LogP contribution in [0.15, 0.2) is 24.3 Å². The van der Waals surface area contributed by atoms with Crippen molar-refractivity contribution in [2.45, 2.75) is 39.5 Å². The summed E-state index contributed by atoms with van der Waals surface area (Å²) in [4.78, 5) is 11.5. The molecule has 16 heavy (non-hydrogen) atoms. The van der Waals surface area contributed by atoms with Gasteiger partial charge in [0.1, 0.15) is 0 Å². The van der Waals surface area contributed by atoms with Crippen LogP contribution in [0.25, 0.3) is 0 Å². The molecule has 0 spiro atoms. The van der Waals surface area contributed by atoms with Gasteiger partial charge in [0.2, 0.25) is 0 Å². The van der Waals surface area contributed by atoms with E-state index in [0.717, 1.165) is 12.0 Å². The first-order valence-electron chi connectivity index (χ1n) is 5.77. The lowest BCUT2D eigenvalue weighted by atomic mass is 9.88. The molecule has 2 rings (SSSR count). The lowest BCUT2D eigenvalue weighted by molar-refractivity contribution is -0.114. The molecule has 0 aromatic heterocycles. The van der Waals surface area contributed by atoms with E-state index in [1.165, 1.54) is 22.3 Å². The molecule has 1 atom stereocenters. The largest absolute Gasteiger partial charge is 0.295 e. The number of hydrogen-bond acceptors (Lipinski definition) is 1. The predicted octanol–water partition coefficient (Wildman–Crippen LogP) is 3.61. The quantitative estimate of drug-likeness (QED) is 0.653. The molecule has 1 aliphatic carbocycles. The van der Waals surface area contributed by atoms with Crippen LogP contribution in [0.3, 0.4) is 0 Å². The minimum atomic E-state index is 0.240. The fourth-order valence-corrected chi connectivity index (χ4v) is 2.89. The summed E-state index contributed by atoms with van der Waals surface area (Å²) >= 11 is 0. The Hall–Kier alpha value is -1.37. The monoisotopic (exact) mass is 214 g/mol. The molecule has 0 aliphatic heterocycles. The van der Waals surface area contributed by atoms with E-state index in [0.29, 0.717) is 12.3 Å². The van der Waals surface area contributed by atoms with Crippen molar-refractivity contribution in [3.8, 4) is 0 Å². The molecule has 1 fully saturated rings. The van der Waals surface area contributed by atoms with Crippen LogP contribution in [-0.4, -0.2) is 5.78 Å². The van der Waals surface area contributed by atoms with E-state index in [4.69, 9.17) is 0 Å². The van der Waals surface area contributed by atoms with Crippen LogP contribution >= 0.6 is 0 Å². The lowest BCUT2D eigenvalue weighted by Gasteiger charge is -2.16. The molecule has 1 unspecified atom stereocenters. The van der Waals surface area contributed by atoms with Crippen molar-refractivity contribution in [1.82, 2.24) is 0 Å². The zero-order valence-corrected chi connectivity index (χ0v) is 10.3. The Morgan fingerprint density at radius 1 is 1.12 bits per heavy atom. The number of hydrogen-bond donors (Lipinski definition) is 0. The number of Topliss-reactive ketones (excluding diaryl/α,β-unsaturated/α-hetero) is 1. The smallest absolute Gasteiger partial charge is 0.158 e. The second kappa shape index (κ2) is 3.89. The van der Waals surface area contributed by atoms with Gasteiger partial charge in [-0.2, -0.15) is 0 Å². The van der Waals surface area contributed by atoms with Crippen LogP contribution in [0.2, 0.25) is 0 Å². The average Bonchev–Trinajstić information content (AvgIpc) is 2.44. The van der Waals surface area contributed by atoms with Gasteiger partial charge in [0.05, 0.1) is 0 Å². The zero-order chi connectivity index (χ0) is 11.9. The molecule has 1 heteroatoms. The van der Waals surface area contributed by atoms with Gasteiger partial charge in [0.25, 0.3) is 0 Å². The SMILES string of the molecule is C=C1CC(c2c(C)cc(C)cc2C)CC1=O. The third-order valence-corrected chi connectivity index (χ3v) is 3.47. The molecular formula is C15H18O. The molecule has 0 N–H and O–H groups in total. The van der Waals surface area contributed by atoms with Crippen LogP contribution in [-0.2, 0) is 4.79 Å². The maximum atomic E-state index is 11.5. The van der Waals surface area contributed by atoms with Gasteiger partial charge in [0.15, 0.2) is 5.78 Å². The summed E-state index contributed by atoms with van der Waals surface area (Å²) in [6.45, 7) is 10.2.